The second kappa shape index (κ2) is 8.24. The molecule has 2 aliphatic rings. The lowest BCUT2D eigenvalue weighted by Crippen LogP contribution is -2.42. The molecular formula is C21H27N5O2. The van der Waals surface area contributed by atoms with Gasteiger partial charge in [0, 0.05) is 42.4 Å². The van der Waals surface area contributed by atoms with Crippen molar-refractivity contribution in [3.63, 3.8) is 0 Å². The second-order valence-corrected chi connectivity index (χ2v) is 7.67. The lowest BCUT2D eigenvalue weighted by molar-refractivity contribution is 0.0673. The standard InChI is InChI=1S/C21H27N5O2/c1-25-9-7-17-5-6-18(13-25)26(17)21(28)16-4-2-3-15(11-16)19-12-20(22-8-10-27)24-14-23-19/h2-4,11-12,14,17-18,27H,5-10,13H2,1H3,(H,22,23,24)/t17-,18+/m1/s1. The van der Waals surface area contributed by atoms with Crippen LogP contribution >= 0.6 is 0 Å². The summed E-state index contributed by atoms with van der Waals surface area (Å²) in [6.07, 6.45) is 4.74. The monoisotopic (exact) mass is 381 g/mol. The molecule has 2 fully saturated rings. The molecule has 3 heterocycles. The van der Waals surface area contributed by atoms with Crippen LogP contribution in [0.2, 0.25) is 0 Å². The van der Waals surface area contributed by atoms with Crippen LogP contribution in [0.15, 0.2) is 36.7 Å². The molecule has 7 nitrogen and oxygen atoms in total. The number of carbonyl (C=O) groups excluding carboxylic acids is 1. The van der Waals surface area contributed by atoms with E-state index in [9.17, 15) is 4.79 Å². The van der Waals surface area contributed by atoms with Crippen LogP contribution in [0.25, 0.3) is 11.3 Å². The number of likely N-dealkylation sites (N-methyl/N-ethyl adjacent to an activating group) is 1. The Kier molecular flexibility index (Phi) is 5.54. The number of hydrogen-bond donors (Lipinski definition) is 2. The summed E-state index contributed by atoms with van der Waals surface area (Å²) in [4.78, 5) is 26.3. The van der Waals surface area contributed by atoms with Gasteiger partial charge in [0.1, 0.15) is 12.1 Å². The summed E-state index contributed by atoms with van der Waals surface area (Å²) in [5, 5.41) is 12.0. The molecule has 2 N–H and O–H groups in total. The summed E-state index contributed by atoms with van der Waals surface area (Å²) in [6, 6.07) is 10.2. The molecule has 2 bridgehead atoms. The van der Waals surface area contributed by atoms with Crippen molar-refractivity contribution in [1.82, 2.24) is 19.8 Å². The van der Waals surface area contributed by atoms with Crippen molar-refractivity contribution in [3.05, 3.63) is 42.2 Å². The number of aliphatic hydroxyl groups is 1. The quantitative estimate of drug-likeness (QED) is 0.823. The van der Waals surface area contributed by atoms with Gasteiger partial charge in [0.05, 0.1) is 12.3 Å². The van der Waals surface area contributed by atoms with Crippen molar-refractivity contribution < 1.29 is 9.90 Å². The van der Waals surface area contributed by atoms with Crippen LogP contribution in [0, 0.1) is 0 Å². The number of aromatic nitrogens is 2. The van der Waals surface area contributed by atoms with Crippen LogP contribution in [0.1, 0.15) is 29.6 Å². The number of aliphatic hydroxyl groups excluding tert-OH is 1. The fourth-order valence-electron chi connectivity index (χ4n) is 4.33. The van der Waals surface area contributed by atoms with E-state index in [0.717, 1.165) is 43.6 Å². The first-order chi connectivity index (χ1) is 13.7. The van der Waals surface area contributed by atoms with E-state index in [-0.39, 0.29) is 12.5 Å². The van der Waals surface area contributed by atoms with E-state index >= 15 is 0 Å². The second-order valence-electron chi connectivity index (χ2n) is 7.67. The van der Waals surface area contributed by atoms with Gasteiger partial charge < -0.3 is 20.2 Å². The summed E-state index contributed by atoms with van der Waals surface area (Å²) in [5.74, 6) is 0.779. The molecule has 2 aromatic rings. The normalized spacial score (nSPS) is 22.1. The molecule has 1 amide bonds. The number of benzene rings is 1. The van der Waals surface area contributed by atoms with Crippen LogP contribution in [0.5, 0.6) is 0 Å². The number of fused-ring (bicyclic) bond motifs is 2. The van der Waals surface area contributed by atoms with Crippen molar-refractivity contribution in [2.75, 3.05) is 38.6 Å². The Morgan fingerprint density at radius 1 is 1.21 bits per heavy atom. The fraction of sp³-hybridized carbons (Fsp3) is 0.476. The number of likely N-dealkylation sites (tertiary alicyclic amines) is 1. The SMILES string of the molecule is CN1CC[C@H]2CC[C@@H](C1)N2C(=O)c1cccc(-c2cc(NCCO)ncn2)c1. The van der Waals surface area contributed by atoms with Gasteiger partial charge in [0.2, 0.25) is 0 Å². The maximum Gasteiger partial charge on any atom is 0.254 e. The molecular weight excluding hydrogens is 354 g/mol. The molecule has 1 aromatic carbocycles. The van der Waals surface area contributed by atoms with Crippen LogP contribution in [-0.4, -0.2) is 76.2 Å². The third-order valence-electron chi connectivity index (χ3n) is 5.71. The highest BCUT2D eigenvalue weighted by molar-refractivity contribution is 5.96. The third-order valence-corrected chi connectivity index (χ3v) is 5.71. The number of hydrogen-bond acceptors (Lipinski definition) is 6. The molecule has 0 unspecified atom stereocenters. The maximum atomic E-state index is 13.3. The number of anilines is 1. The first-order valence-electron chi connectivity index (χ1n) is 9.94. The van der Waals surface area contributed by atoms with Crippen molar-refractivity contribution in [2.24, 2.45) is 0 Å². The first kappa shape index (κ1) is 18.8. The molecule has 1 aromatic heterocycles. The highest BCUT2D eigenvalue weighted by Gasteiger charge is 2.39. The van der Waals surface area contributed by atoms with Crippen molar-refractivity contribution in [2.45, 2.75) is 31.3 Å². The average molecular weight is 381 g/mol. The zero-order valence-electron chi connectivity index (χ0n) is 16.2. The predicted molar refractivity (Wildman–Crippen MR) is 108 cm³/mol. The summed E-state index contributed by atoms with van der Waals surface area (Å²) in [7, 11) is 2.14. The molecule has 28 heavy (non-hydrogen) atoms. The number of nitrogens with zero attached hydrogens (tertiary/aromatic N) is 4. The van der Waals surface area contributed by atoms with E-state index in [1.807, 2.05) is 30.3 Å². The zero-order chi connectivity index (χ0) is 19.5. The van der Waals surface area contributed by atoms with E-state index in [2.05, 4.69) is 32.1 Å². The Hall–Kier alpha value is -2.51. The van der Waals surface area contributed by atoms with Crippen LogP contribution in [0.3, 0.4) is 0 Å². The van der Waals surface area contributed by atoms with Gasteiger partial charge in [-0.15, -0.1) is 0 Å². The molecule has 2 atom stereocenters. The lowest BCUT2D eigenvalue weighted by atomic mass is 10.1. The Bertz CT molecular complexity index is 843. The molecule has 2 saturated heterocycles. The number of carbonyl (C=O) groups is 1. The van der Waals surface area contributed by atoms with Gasteiger partial charge in [0.25, 0.3) is 5.91 Å². The smallest absolute Gasteiger partial charge is 0.254 e. The number of rotatable bonds is 5. The Morgan fingerprint density at radius 2 is 2.07 bits per heavy atom. The summed E-state index contributed by atoms with van der Waals surface area (Å²) < 4.78 is 0. The minimum Gasteiger partial charge on any atom is -0.395 e. The molecule has 4 rings (SSSR count). The Balaban J connectivity index is 1.58. The van der Waals surface area contributed by atoms with Crippen LogP contribution in [-0.2, 0) is 0 Å². The van der Waals surface area contributed by atoms with Gasteiger partial charge in [-0.2, -0.15) is 0 Å². The van der Waals surface area contributed by atoms with E-state index in [0.29, 0.717) is 30.0 Å². The maximum absolute atomic E-state index is 13.3. The average Bonchev–Trinajstić information content (AvgIpc) is 3.04. The van der Waals surface area contributed by atoms with Gasteiger partial charge in [-0.3, -0.25) is 4.79 Å². The van der Waals surface area contributed by atoms with E-state index < -0.39 is 0 Å². The Labute approximate surface area is 165 Å². The van der Waals surface area contributed by atoms with Gasteiger partial charge in [0.15, 0.2) is 0 Å². The third kappa shape index (κ3) is 3.86. The van der Waals surface area contributed by atoms with Gasteiger partial charge in [-0.05, 0) is 45.0 Å². The van der Waals surface area contributed by atoms with Crippen molar-refractivity contribution in [1.29, 1.82) is 0 Å². The molecule has 148 valence electrons. The first-order valence-corrected chi connectivity index (χ1v) is 9.94. The van der Waals surface area contributed by atoms with E-state index in [1.165, 1.54) is 6.33 Å². The molecule has 0 radical (unpaired) electrons. The Morgan fingerprint density at radius 3 is 2.93 bits per heavy atom. The fourth-order valence-corrected chi connectivity index (χ4v) is 4.33. The predicted octanol–water partition coefficient (Wildman–Crippen LogP) is 1.86. The minimum atomic E-state index is 0.0384. The molecule has 0 spiro atoms. The van der Waals surface area contributed by atoms with Crippen molar-refractivity contribution >= 4 is 11.7 Å². The van der Waals surface area contributed by atoms with Crippen LogP contribution < -0.4 is 5.32 Å². The number of amides is 1. The van der Waals surface area contributed by atoms with Gasteiger partial charge in [-0.25, -0.2) is 9.97 Å². The molecule has 7 heteroatoms. The van der Waals surface area contributed by atoms with Crippen molar-refractivity contribution in [3.8, 4) is 11.3 Å². The number of nitrogens with one attached hydrogen (secondary N) is 1. The largest absolute Gasteiger partial charge is 0.395 e. The van der Waals surface area contributed by atoms with E-state index in [1.54, 1.807) is 0 Å². The van der Waals surface area contributed by atoms with Gasteiger partial charge in [-0.1, -0.05) is 12.1 Å². The summed E-state index contributed by atoms with van der Waals surface area (Å²) in [5.41, 5.74) is 2.35. The highest BCUT2D eigenvalue weighted by Crippen LogP contribution is 2.32. The highest BCUT2D eigenvalue weighted by atomic mass is 16.3. The summed E-state index contributed by atoms with van der Waals surface area (Å²) >= 11 is 0. The zero-order valence-corrected chi connectivity index (χ0v) is 16.2. The van der Waals surface area contributed by atoms with Crippen LogP contribution in [0.4, 0.5) is 5.82 Å². The van der Waals surface area contributed by atoms with E-state index in [4.69, 9.17) is 5.11 Å². The molecule has 0 saturated carbocycles. The minimum absolute atomic E-state index is 0.0384. The summed E-state index contributed by atoms with van der Waals surface area (Å²) in [6.45, 7) is 2.47. The molecule has 2 aliphatic heterocycles. The topological polar surface area (TPSA) is 81.6 Å². The van der Waals surface area contributed by atoms with Gasteiger partial charge >= 0.3 is 0 Å². The molecule has 0 aliphatic carbocycles. The lowest BCUT2D eigenvalue weighted by Gasteiger charge is -2.28.